The van der Waals surface area contributed by atoms with Crippen LogP contribution in [0.5, 0.6) is 5.75 Å². The van der Waals surface area contributed by atoms with Crippen LogP contribution in [-0.4, -0.2) is 46.2 Å². The number of hydrogen-bond acceptors (Lipinski definition) is 6. The van der Waals surface area contributed by atoms with Gasteiger partial charge in [0.05, 0.1) is 37.7 Å². The van der Waals surface area contributed by atoms with Crippen molar-refractivity contribution >= 4 is 45.2 Å². The summed E-state index contributed by atoms with van der Waals surface area (Å²) in [6.07, 6.45) is 3.66. The Morgan fingerprint density at radius 3 is 2.83 bits per heavy atom. The lowest BCUT2D eigenvalue weighted by Gasteiger charge is -2.31. The number of carbonyl (C=O) groups is 2. The third kappa shape index (κ3) is 4.65. The summed E-state index contributed by atoms with van der Waals surface area (Å²) in [4.78, 5) is 29.0. The van der Waals surface area contributed by atoms with Gasteiger partial charge in [-0.2, -0.15) is 0 Å². The van der Waals surface area contributed by atoms with E-state index in [4.69, 9.17) is 4.74 Å². The number of aromatic hydroxyl groups is 1. The van der Waals surface area contributed by atoms with Gasteiger partial charge in [0.25, 0.3) is 0 Å². The van der Waals surface area contributed by atoms with Crippen molar-refractivity contribution in [2.45, 2.75) is 38.8 Å². The third-order valence-electron chi connectivity index (χ3n) is 7.38. The lowest BCUT2D eigenvalue weighted by molar-refractivity contribution is -0.140. The number of benzene rings is 1. The predicted molar refractivity (Wildman–Crippen MR) is 138 cm³/mol. The van der Waals surface area contributed by atoms with Gasteiger partial charge in [0.1, 0.15) is 5.75 Å². The Morgan fingerprint density at radius 2 is 2.09 bits per heavy atom. The van der Waals surface area contributed by atoms with Crippen LogP contribution in [0.15, 0.2) is 56.9 Å². The number of halogens is 1. The zero-order valence-corrected chi connectivity index (χ0v) is 21.8. The Labute approximate surface area is 217 Å². The Morgan fingerprint density at radius 1 is 1.26 bits per heavy atom. The molecule has 2 saturated heterocycles. The van der Waals surface area contributed by atoms with Crippen LogP contribution in [0.3, 0.4) is 0 Å². The first-order valence-electron chi connectivity index (χ1n) is 11.8. The van der Waals surface area contributed by atoms with Gasteiger partial charge < -0.3 is 14.9 Å². The van der Waals surface area contributed by atoms with Crippen molar-refractivity contribution in [3.63, 3.8) is 0 Å². The molecule has 0 unspecified atom stereocenters. The van der Waals surface area contributed by atoms with E-state index in [-0.39, 0.29) is 36.2 Å². The smallest absolute Gasteiger partial charge is 0.234 e. The maximum absolute atomic E-state index is 13.4. The van der Waals surface area contributed by atoms with Crippen molar-refractivity contribution in [3.8, 4) is 5.75 Å². The molecule has 3 heterocycles. The van der Waals surface area contributed by atoms with Gasteiger partial charge in [-0.3, -0.25) is 14.5 Å². The van der Waals surface area contributed by atoms with Crippen molar-refractivity contribution in [1.82, 2.24) is 4.90 Å². The molecule has 2 aliphatic heterocycles. The molecule has 0 bridgehead atoms. The molecule has 2 aromatic rings. The number of likely N-dealkylation sites (tertiary alicyclic amines) is 1. The van der Waals surface area contributed by atoms with Crippen LogP contribution in [0, 0.1) is 17.8 Å². The Balaban J connectivity index is 1.32. The second-order valence-electron chi connectivity index (χ2n) is 9.56. The number of aliphatic hydroxyl groups excluding tert-OH is 1. The number of thiophene rings is 1. The topological polar surface area (TPSA) is 87.1 Å². The summed E-state index contributed by atoms with van der Waals surface area (Å²) in [5, 5.41) is 22.2. The van der Waals surface area contributed by atoms with Crippen molar-refractivity contribution in [1.29, 1.82) is 0 Å². The molecule has 0 saturated carbocycles. The quantitative estimate of drug-likeness (QED) is 0.373. The largest absolute Gasteiger partial charge is 0.507 e. The minimum atomic E-state index is -0.415. The van der Waals surface area contributed by atoms with E-state index in [9.17, 15) is 19.8 Å². The molecule has 1 aliphatic carbocycles. The van der Waals surface area contributed by atoms with Gasteiger partial charge in [-0.15, -0.1) is 11.3 Å². The minimum Gasteiger partial charge on any atom is -0.507 e. The Hall–Kier alpha value is -2.26. The highest BCUT2D eigenvalue weighted by Crippen LogP contribution is 2.50. The number of ether oxygens (including phenoxy) is 1. The molecular formula is C27H28BrNO5S. The van der Waals surface area contributed by atoms with Gasteiger partial charge in [0.2, 0.25) is 11.8 Å². The monoisotopic (exact) mass is 557 g/mol. The molecule has 2 fully saturated rings. The van der Waals surface area contributed by atoms with E-state index in [1.807, 2.05) is 36.6 Å². The van der Waals surface area contributed by atoms with E-state index >= 15 is 0 Å². The molecule has 2 amide bonds. The third-order valence-corrected chi connectivity index (χ3v) is 8.73. The lowest BCUT2D eigenvalue weighted by Crippen LogP contribution is -2.34. The zero-order valence-electron chi connectivity index (χ0n) is 19.4. The van der Waals surface area contributed by atoms with Gasteiger partial charge in [-0.25, -0.2) is 0 Å². The van der Waals surface area contributed by atoms with E-state index < -0.39 is 11.8 Å². The first kappa shape index (κ1) is 24.4. The molecule has 0 spiro atoms. The van der Waals surface area contributed by atoms with Crippen LogP contribution in [0.1, 0.15) is 36.6 Å². The van der Waals surface area contributed by atoms with Crippen LogP contribution >= 0.6 is 27.3 Å². The highest BCUT2D eigenvalue weighted by atomic mass is 79.9. The van der Waals surface area contributed by atoms with Gasteiger partial charge in [0, 0.05) is 20.8 Å². The summed E-state index contributed by atoms with van der Waals surface area (Å²) >= 11 is 4.98. The number of fused-ring (bicyclic) bond motifs is 3. The van der Waals surface area contributed by atoms with Crippen molar-refractivity contribution in [2.24, 2.45) is 17.8 Å². The van der Waals surface area contributed by atoms with Crippen LogP contribution in [0.4, 0.5) is 0 Å². The molecule has 8 heteroatoms. The van der Waals surface area contributed by atoms with E-state index in [2.05, 4.69) is 15.9 Å². The number of phenols is 1. The lowest BCUT2D eigenvalue weighted by atomic mass is 9.69. The molecule has 184 valence electrons. The van der Waals surface area contributed by atoms with Crippen LogP contribution in [0.25, 0.3) is 6.08 Å². The number of aliphatic hydroxyl groups is 1. The van der Waals surface area contributed by atoms with Gasteiger partial charge in [-0.1, -0.05) is 33.6 Å². The molecule has 35 heavy (non-hydrogen) atoms. The molecule has 6 nitrogen and oxygen atoms in total. The molecule has 3 aliphatic rings. The van der Waals surface area contributed by atoms with Gasteiger partial charge >= 0.3 is 0 Å². The summed E-state index contributed by atoms with van der Waals surface area (Å²) in [6, 6.07) is 9.19. The fraction of sp³-hybridized carbons (Fsp3) is 0.407. The number of imide groups is 1. The van der Waals surface area contributed by atoms with E-state index in [0.29, 0.717) is 26.0 Å². The maximum Gasteiger partial charge on any atom is 0.234 e. The first-order valence-corrected chi connectivity index (χ1v) is 13.5. The van der Waals surface area contributed by atoms with E-state index in [1.54, 1.807) is 12.1 Å². The molecular weight excluding hydrogens is 530 g/mol. The number of hydrogen-bond donors (Lipinski definition) is 2. The number of phenolic OH excluding ortho intramolecular Hbond substituents is 1. The van der Waals surface area contributed by atoms with Gasteiger partial charge in [-0.05, 0) is 67.0 Å². The summed E-state index contributed by atoms with van der Waals surface area (Å²) in [5.74, 6) is -1.00. The molecule has 1 aromatic carbocycles. The normalized spacial score (nSPS) is 26.5. The van der Waals surface area contributed by atoms with Crippen LogP contribution in [0.2, 0.25) is 0 Å². The number of nitrogens with zero attached hydrogens (tertiary/aromatic N) is 1. The second-order valence-corrected chi connectivity index (χ2v) is 11.5. The number of allylic oxidation sites excluding steroid dienone is 1. The summed E-state index contributed by atoms with van der Waals surface area (Å²) in [7, 11) is 0. The highest BCUT2D eigenvalue weighted by molar-refractivity contribution is 9.10. The zero-order chi connectivity index (χ0) is 24.7. The average molecular weight is 558 g/mol. The number of amides is 2. The Kier molecular flexibility index (Phi) is 6.99. The number of rotatable bonds is 7. The van der Waals surface area contributed by atoms with Crippen molar-refractivity contribution < 1.29 is 24.5 Å². The molecule has 4 atom stereocenters. The van der Waals surface area contributed by atoms with E-state index in [0.717, 1.165) is 38.1 Å². The number of carbonyl (C=O) groups excluding carboxylic acids is 2. The van der Waals surface area contributed by atoms with Crippen LogP contribution in [-0.2, 0) is 20.9 Å². The standard InChI is InChI=1S/C27H28BrNO5S/c1-15(9-16-10-18(28)5-6-22(16)31)4-7-23-24-17(13-30)11-20-25(21(24)14-34-23)27(33)29(26(20)32)12-19-3-2-8-35-19/h2-3,5-6,8-10,20-21,23,25,30-31H,4,7,11-14H2,1H3/b15-9+/t20-,21+,23-,25-/m1/s1. The fourth-order valence-corrected chi connectivity index (χ4v) is 6.81. The van der Waals surface area contributed by atoms with Gasteiger partial charge in [0.15, 0.2) is 0 Å². The van der Waals surface area contributed by atoms with E-state index in [1.165, 1.54) is 16.2 Å². The second kappa shape index (κ2) is 10.0. The molecule has 1 aromatic heterocycles. The summed E-state index contributed by atoms with van der Waals surface area (Å²) < 4.78 is 7.07. The van der Waals surface area contributed by atoms with Crippen LogP contribution < -0.4 is 0 Å². The fourth-order valence-electron chi connectivity index (χ4n) is 5.74. The highest BCUT2D eigenvalue weighted by Gasteiger charge is 2.56. The van der Waals surface area contributed by atoms with Crippen molar-refractivity contribution in [3.05, 3.63) is 67.3 Å². The minimum absolute atomic E-state index is 0.113. The van der Waals surface area contributed by atoms with Crippen molar-refractivity contribution in [2.75, 3.05) is 13.2 Å². The summed E-state index contributed by atoms with van der Waals surface area (Å²) in [6.45, 7) is 2.61. The average Bonchev–Trinajstić information content (AvgIpc) is 3.56. The maximum atomic E-state index is 13.4. The Bertz CT molecular complexity index is 1200. The molecule has 0 radical (unpaired) electrons. The molecule has 5 rings (SSSR count). The first-order chi connectivity index (χ1) is 16.9. The summed E-state index contributed by atoms with van der Waals surface area (Å²) in [5.41, 5.74) is 3.72. The predicted octanol–water partition coefficient (Wildman–Crippen LogP) is 4.91. The molecule has 2 N–H and O–H groups in total. The SMILES string of the molecule is C/C(=C\c1cc(Br)ccc1O)CC[C@H]1OC[C@H]2C1=C(CO)C[C@H]1C(=O)N(Cc3cccs3)C(=O)[C@H]12.